The van der Waals surface area contributed by atoms with Crippen LogP contribution in [0.1, 0.15) is 19.8 Å². The molecule has 0 aliphatic carbocycles. The Balaban J connectivity index is 1.71. The van der Waals surface area contributed by atoms with Gasteiger partial charge in [0.1, 0.15) is 12.1 Å². The lowest BCUT2D eigenvalue weighted by molar-refractivity contribution is 0.269. The van der Waals surface area contributed by atoms with Gasteiger partial charge in [0, 0.05) is 18.0 Å². The lowest BCUT2D eigenvalue weighted by Crippen LogP contribution is -2.35. The molecule has 1 aromatic carbocycles. The van der Waals surface area contributed by atoms with Gasteiger partial charge in [-0.25, -0.2) is 9.97 Å². The largest absolute Gasteiger partial charge is 0.368 e. The Morgan fingerprint density at radius 2 is 2.00 bits per heavy atom. The first-order chi connectivity index (χ1) is 9.34. The molecule has 3 rings (SSSR count). The zero-order valence-electron chi connectivity index (χ0n) is 11.3. The molecule has 1 aliphatic heterocycles. The number of anilines is 1. The zero-order valence-corrected chi connectivity index (χ0v) is 11.3. The predicted molar refractivity (Wildman–Crippen MR) is 78.3 cm³/mol. The third-order valence-corrected chi connectivity index (χ3v) is 3.87. The number of benzene rings is 1. The number of para-hydroxylation sites is 1. The molecule has 100 valence electrons. The fourth-order valence-electron chi connectivity index (χ4n) is 2.70. The molecule has 1 fully saturated rings. The van der Waals surface area contributed by atoms with Crippen molar-refractivity contribution in [2.75, 3.05) is 25.0 Å². The highest BCUT2D eigenvalue weighted by atomic mass is 15.2. The molecule has 0 radical (unpaired) electrons. The molecule has 2 aromatic rings. The second kappa shape index (κ2) is 5.53. The van der Waals surface area contributed by atoms with E-state index < -0.39 is 0 Å². The van der Waals surface area contributed by atoms with E-state index in [9.17, 15) is 0 Å². The molecule has 0 spiro atoms. The molecule has 0 saturated carbocycles. The van der Waals surface area contributed by atoms with Crippen molar-refractivity contribution < 1.29 is 0 Å². The van der Waals surface area contributed by atoms with Crippen LogP contribution in [0.25, 0.3) is 10.9 Å². The van der Waals surface area contributed by atoms with E-state index in [2.05, 4.69) is 33.2 Å². The first-order valence-corrected chi connectivity index (χ1v) is 7.02. The van der Waals surface area contributed by atoms with Crippen LogP contribution in [0.4, 0.5) is 5.82 Å². The molecule has 0 amide bonds. The molecule has 0 bridgehead atoms. The van der Waals surface area contributed by atoms with Crippen LogP contribution in [0.5, 0.6) is 0 Å². The molecule has 2 heterocycles. The van der Waals surface area contributed by atoms with Gasteiger partial charge in [0.2, 0.25) is 0 Å². The summed E-state index contributed by atoms with van der Waals surface area (Å²) < 4.78 is 0. The summed E-state index contributed by atoms with van der Waals surface area (Å²) in [5.41, 5.74) is 0.994. The van der Waals surface area contributed by atoms with Gasteiger partial charge in [-0.1, -0.05) is 12.1 Å². The van der Waals surface area contributed by atoms with E-state index in [1.54, 1.807) is 6.33 Å². The normalized spacial score (nSPS) is 17.7. The first kappa shape index (κ1) is 12.4. The summed E-state index contributed by atoms with van der Waals surface area (Å²) in [5.74, 6) is 0.941. The molecule has 19 heavy (non-hydrogen) atoms. The molecule has 1 N–H and O–H groups in total. The highest BCUT2D eigenvalue weighted by Gasteiger charge is 2.17. The molecular weight excluding hydrogens is 236 g/mol. The molecule has 4 nitrogen and oxygen atoms in total. The van der Waals surface area contributed by atoms with Gasteiger partial charge in [-0.3, -0.25) is 4.90 Å². The number of fused-ring (bicyclic) bond motifs is 1. The minimum Gasteiger partial charge on any atom is -0.368 e. The number of hydrogen-bond acceptors (Lipinski definition) is 4. The average molecular weight is 256 g/mol. The fraction of sp³-hybridized carbons (Fsp3) is 0.467. The van der Waals surface area contributed by atoms with Crippen molar-refractivity contribution in [1.29, 1.82) is 0 Å². The second-order valence-electron chi connectivity index (χ2n) is 5.21. The van der Waals surface area contributed by atoms with Gasteiger partial charge >= 0.3 is 0 Å². The Labute approximate surface area is 113 Å². The predicted octanol–water partition coefficient (Wildman–Crippen LogP) is 2.53. The van der Waals surface area contributed by atoms with Gasteiger partial charge in [-0.15, -0.1) is 0 Å². The van der Waals surface area contributed by atoms with Gasteiger partial charge in [0.15, 0.2) is 0 Å². The van der Waals surface area contributed by atoms with Crippen molar-refractivity contribution in [3.05, 3.63) is 30.6 Å². The molecule has 1 unspecified atom stereocenters. The summed E-state index contributed by atoms with van der Waals surface area (Å²) in [6, 6.07) is 8.67. The van der Waals surface area contributed by atoms with E-state index in [1.807, 2.05) is 18.2 Å². The standard InChI is InChI=1S/C15H20N4/c1-12(19-8-4-5-9-19)10-16-15-13-6-2-3-7-14(13)17-11-18-15/h2-3,6-7,11-12H,4-5,8-10H2,1H3,(H,16,17,18). The number of rotatable bonds is 4. The van der Waals surface area contributed by atoms with E-state index >= 15 is 0 Å². The van der Waals surface area contributed by atoms with Gasteiger partial charge in [-0.2, -0.15) is 0 Å². The summed E-state index contributed by atoms with van der Waals surface area (Å²) in [6.07, 6.45) is 4.30. The Hall–Kier alpha value is -1.68. The van der Waals surface area contributed by atoms with E-state index in [0.29, 0.717) is 6.04 Å². The summed E-state index contributed by atoms with van der Waals surface area (Å²) in [7, 11) is 0. The maximum absolute atomic E-state index is 4.36. The first-order valence-electron chi connectivity index (χ1n) is 7.02. The zero-order chi connectivity index (χ0) is 13.1. The summed E-state index contributed by atoms with van der Waals surface area (Å²) in [5, 5.41) is 4.57. The van der Waals surface area contributed by atoms with Crippen molar-refractivity contribution in [2.45, 2.75) is 25.8 Å². The summed E-state index contributed by atoms with van der Waals surface area (Å²) >= 11 is 0. The van der Waals surface area contributed by atoms with E-state index in [4.69, 9.17) is 0 Å². The van der Waals surface area contributed by atoms with Gasteiger partial charge < -0.3 is 5.32 Å². The van der Waals surface area contributed by atoms with E-state index in [0.717, 1.165) is 23.3 Å². The van der Waals surface area contributed by atoms with Crippen LogP contribution in [-0.2, 0) is 0 Å². The van der Waals surface area contributed by atoms with Crippen molar-refractivity contribution in [3.63, 3.8) is 0 Å². The number of aromatic nitrogens is 2. The molecular formula is C15H20N4. The SMILES string of the molecule is CC(CNc1ncnc2ccccc12)N1CCCC1. The third kappa shape index (κ3) is 2.68. The molecule has 1 aromatic heterocycles. The quantitative estimate of drug-likeness (QED) is 0.912. The lowest BCUT2D eigenvalue weighted by atomic mass is 10.2. The Kier molecular flexibility index (Phi) is 3.60. The van der Waals surface area contributed by atoms with Crippen LogP contribution in [-0.4, -0.2) is 40.5 Å². The Morgan fingerprint density at radius 3 is 2.84 bits per heavy atom. The topological polar surface area (TPSA) is 41.1 Å². The maximum Gasteiger partial charge on any atom is 0.137 e. The molecule has 4 heteroatoms. The van der Waals surface area contributed by atoms with Crippen LogP contribution < -0.4 is 5.32 Å². The van der Waals surface area contributed by atoms with Gasteiger partial charge in [0.05, 0.1) is 5.52 Å². The molecule has 1 aliphatic rings. The molecule has 1 saturated heterocycles. The average Bonchev–Trinajstić information content (AvgIpc) is 2.99. The van der Waals surface area contributed by atoms with Crippen molar-refractivity contribution in [1.82, 2.24) is 14.9 Å². The van der Waals surface area contributed by atoms with E-state index in [1.165, 1.54) is 25.9 Å². The van der Waals surface area contributed by atoms with E-state index in [-0.39, 0.29) is 0 Å². The molecule has 1 atom stereocenters. The highest BCUT2D eigenvalue weighted by molar-refractivity contribution is 5.88. The van der Waals surface area contributed by atoms with Crippen molar-refractivity contribution in [3.8, 4) is 0 Å². The summed E-state index contributed by atoms with van der Waals surface area (Å²) in [4.78, 5) is 11.2. The summed E-state index contributed by atoms with van der Waals surface area (Å²) in [6.45, 7) is 5.67. The second-order valence-corrected chi connectivity index (χ2v) is 5.21. The van der Waals surface area contributed by atoms with Crippen LogP contribution in [0.15, 0.2) is 30.6 Å². The number of nitrogens with zero attached hydrogens (tertiary/aromatic N) is 3. The lowest BCUT2D eigenvalue weighted by Gasteiger charge is -2.24. The number of hydrogen-bond donors (Lipinski definition) is 1. The van der Waals surface area contributed by atoms with Gasteiger partial charge in [0.25, 0.3) is 0 Å². The van der Waals surface area contributed by atoms with Crippen molar-refractivity contribution >= 4 is 16.7 Å². The third-order valence-electron chi connectivity index (χ3n) is 3.87. The Bertz CT molecular complexity index is 543. The maximum atomic E-state index is 4.36. The highest BCUT2D eigenvalue weighted by Crippen LogP contribution is 2.19. The van der Waals surface area contributed by atoms with Crippen LogP contribution in [0.3, 0.4) is 0 Å². The fourth-order valence-corrected chi connectivity index (χ4v) is 2.70. The minimum atomic E-state index is 0.552. The Morgan fingerprint density at radius 1 is 1.21 bits per heavy atom. The minimum absolute atomic E-state index is 0.552. The van der Waals surface area contributed by atoms with Crippen LogP contribution >= 0.6 is 0 Å². The number of likely N-dealkylation sites (tertiary alicyclic amines) is 1. The number of nitrogens with one attached hydrogen (secondary N) is 1. The smallest absolute Gasteiger partial charge is 0.137 e. The van der Waals surface area contributed by atoms with Crippen LogP contribution in [0, 0.1) is 0 Å². The monoisotopic (exact) mass is 256 g/mol. The van der Waals surface area contributed by atoms with Crippen molar-refractivity contribution in [2.24, 2.45) is 0 Å². The van der Waals surface area contributed by atoms with Gasteiger partial charge in [-0.05, 0) is 45.0 Å². The van der Waals surface area contributed by atoms with Crippen LogP contribution in [0.2, 0.25) is 0 Å².